The lowest BCUT2D eigenvalue weighted by Gasteiger charge is -2.33. The third-order valence-corrected chi connectivity index (χ3v) is 4.17. The van der Waals surface area contributed by atoms with Crippen LogP contribution in [-0.4, -0.2) is 12.5 Å². The minimum atomic E-state index is -0.671. The molecular formula is C13H20N2O. The van der Waals surface area contributed by atoms with Crippen molar-refractivity contribution in [2.24, 2.45) is 11.3 Å². The highest BCUT2D eigenvalue weighted by atomic mass is 16.2. The Labute approximate surface area is 97.2 Å². The van der Waals surface area contributed by atoms with Crippen LogP contribution in [-0.2, 0) is 4.79 Å². The molecule has 0 radical (unpaired) electrons. The number of carbonyl (C=O) groups excluding carboxylic acids is 1. The van der Waals surface area contributed by atoms with Crippen LogP contribution in [0.1, 0.15) is 51.4 Å². The second-order valence-electron chi connectivity index (χ2n) is 5.24. The molecule has 16 heavy (non-hydrogen) atoms. The average Bonchev–Trinajstić information content (AvgIpc) is 2.70. The zero-order valence-corrected chi connectivity index (χ0v) is 9.80. The van der Waals surface area contributed by atoms with Gasteiger partial charge in [0.05, 0.1) is 6.07 Å². The lowest BCUT2D eigenvalue weighted by molar-refractivity contribution is -0.131. The first kappa shape index (κ1) is 11.4. The van der Waals surface area contributed by atoms with Crippen molar-refractivity contribution in [1.82, 2.24) is 5.32 Å². The summed E-state index contributed by atoms with van der Waals surface area (Å²) in [6, 6.07) is 2.18. The number of nitriles is 1. The monoisotopic (exact) mass is 220 g/mol. The van der Waals surface area contributed by atoms with Gasteiger partial charge in [0, 0.05) is 6.54 Å². The third-order valence-electron chi connectivity index (χ3n) is 4.17. The SMILES string of the molecule is N#CC1(C(=O)NCCC2CCCC2)CCC1. The zero-order chi connectivity index (χ0) is 11.4. The van der Waals surface area contributed by atoms with E-state index in [1.807, 2.05) is 0 Å². The van der Waals surface area contributed by atoms with E-state index in [1.165, 1.54) is 25.7 Å². The zero-order valence-electron chi connectivity index (χ0n) is 9.80. The topological polar surface area (TPSA) is 52.9 Å². The van der Waals surface area contributed by atoms with E-state index >= 15 is 0 Å². The fraction of sp³-hybridized carbons (Fsp3) is 0.846. The van der Waals surface area contributed by atoms with E-state index in [9.17, 15) is 4.79 Å². The largest absolute Gasteiger partial charge is 0.355 e. The second kappa shape index (κ2) is 4.86. The molecule has 0 saturated heterocycles. The van der Waals surface area contributed by atoms with E-state index in [0.717, 1.165) is 38.1 Å². The van der Waals surface area contributed by atoms with Gasteiger partial charge in [0.15, 0.2) is 0 Å². The van der Waals surface area contributed by atoms with Crippen LogP contribution in [0, 0.1) is 22.7 Å². The number of carbonyl (C=O) groups is 1. The van der Waals surface area contributed by atoms with E-state index in [0.29, 0.717) is 0 Å². The van der Waals surface area contributed by atoms with Crippen LogP contribution in [0.15, 0.2) is 0 Å². The van der Waals surface area contributed by atoms with Crippen LogP contribution in [0.3, 0.4) is 0 Å². The molecule has 3 heteroatoms. The van der Waals surface area contributed by atoms with Crippen LogP contribution in [0.2, 0.25) is 0 Å². The Morgan fingerprint density at radius 2 is 2.00 bits per heavy atom. The maximum absolute atomic E-state index is 11.8. The maximum Gasteiger partial charge on any atom is 0.240 e. The molecule has 0 bridgehead atoms. The van der Waals surface area contributed by atoms with Crippen molar-refractivity contribution in [2.45, 2.75) is 51.4 Å². The molecule has 0 spiro atoms. The molecule has 0 atom stereocenters. The molecule has 1 amide bonds. The molecule has 0 aromatic rings. The molecule has 0 unspecified atom stereocenters. The molecule has 2 saturated carbocycles. The highest BCUT2D eigenvalue weighted by molar-refractivity contribution is 5.86. The van der Waals surface area contributed by atoms with Gasteiger partial charge in [-0.1, -0.05) is 25.7 Å². The van der Waals surface area contributed by atoms with Crippen molar-refractivity contribution in [3.8, 4) is 6.07 Å². The number of nitrogens with one attached hydrogen (secondary N) is 1. The van der Waals surface area contributed by atoms with Gasteiger partial charge >= 0.3 is 0 Å². The minimum absolute atomic E-state index is 0.0285. The molecule has 0 aromatic carbocycles. The molecular weight excluding hydrogens is 200 g/mol. The fourth-order valence-corrected chi connectivity index (χ4v) is 2.78. The van der Waals surface area contributed by atoms with Crippen LogP contribution in [0.25, 0.3) is 0 Å². The van der Waals surface area contributed by atoms with Gasteiger partial charge in [-0.15, -0.1) is 0 Å². The molecule has 3 nitrogen and oxygen atoms in total. The van der Waals surface area contributed by atoms with Gasteiger partial charge in [-0.3, -0.25) is 4.79 Å². The number of hydrogen-bond acceptors (Lipinski definition) is 2. The Bertz CT molecular complexity index is 296. The van der Waals surface area contributed by atoms with Gasteiger partial charge in [-0.05, 0) is 31.6 Å². The van der Waals surface area contributed by atoms with Crippen molar-refractivity contribution in [3.05, 3.63) is 0 Å². The maximum atomic E-state index is 11.8. The molecule has 0 aliphatic heterocycles. The summed E-state index contributed by atoms with van der Waals surface area (Å²) >= 11 is 0. The van der Waals surface area contributed by atoms with Crippen molar-refractivity contribution in [1.29, 1.82) is 5.26 Å². The standard InChI is InChI=1S/C13H20N2O/c14-10-13(7-3-8-13)12(16)15-9-6-11-4-1-2-5-11/h11H,1-9H2,(H,15,16). The lowest BCUT2D eigenvalue weighted by atomic mass is 9.69. The van der Waals surface area contributed by atoms with Gasteiger partial charge in [-0.2, -0.15) is 5.26 Å². The summed E-state index contributed by atoms with van der Waals surface area (Å²) in [5, 5.41) is 11.9. The van der Waals surface area contributed by atoms with E-state index in [4.69, 9.17) is 5.26 Å². The molecule has 2 aliphatic carbocycles. The van der Waals surface area contributed by atoms with Crippen molar-refractivity contribution >= 4 is 5.91 Å². The Morgan fingerprint density at radius 3 is 2.50 bits per heavy atom. The smallest absolute Gasteiger partial charge is 0.240 e. The van der Waals surface area contributed by atoms with Crippen LogP contribution in [0.5, 0.6) is 0 Å². The minimum Gasteiger partial charge on any atom is -0.355 e. The van der Waals surface area contributed by atoms with Gasteiger partial charge in [0.25, 0.3) is 0 Å². The molecule has 2 aliphatic rings. The highest BCUT2D eigenvalue weighted by Crippen LogP contribution is 2.40. The van der Waals surface area contributed by atoms with Crippen LogP contribution >= 0.6 is 0 Å². The van der Waals surface area contributed by atoms with E-state index in [2.05, 4.69) is 11.4 Å². The Hall–Kier alpha value is -1.04. The Balaban J connectivity index is 1.69. The van der Waals surface area contributed by atoms with Gasteiger partial charge in [-0.25, -0.2) is 0 Å². The summed E-state index contributed by atoms with van der Waals surface area (Å²) in [6.07, 6.45) is 8.94. The second-order valence-corrected chi connectivity index (χ2v) is 5.24. The van der Waals surface area contributed by atoms with E-state index in [1.54, 1.807) is 0 Å². The Kier molecular flexibility index (Phi) is 3.48. The predicted molar refractivity (Wildman–Crippen MR) is 61.5 cm³/mol. The van der Waals surface area contributed by atoms with Crippen molar-refractivity contribution < 1.29 is 4.79 Å². The number of hydrogen-bond donors (Lipinski definition) is 1. The number of nitrogens with zero attached hydrogens (tertiary/aromatic N) is 1. The van der Waals surface area contributed by atoms with Crippen LogP contribution in [0.4, 0.5) is 0 Å². The summed E-state index contributed by atoms with van der Waals surface area (Å²) in [5.74, 6) is 0.777. The van der Waals surface area contributed by atoms with Crippen molar-refractivity contribution in [3.63, 3.8) is 0 Å². The molecule has 0 heterocycles. The first-order valence-electron chi connectivity index (χ1n) is 6.46. The molecule has 88 valence electrons. The first-order chi connectivity index (χ1) is 7.77. The molecule has 2 fully saturated rings. The normalized spacial score (nSPS) is 23.4. The average molecular weight is 220 g/mol. The Morgan fingerprint density at radius 1 is 1.31 bits per heavy atom. The summed E-state index contributed by atoms with van der Waals surface area (Å²) in [5.41, 5.74) is -0.671. The number of rotatable bonds is 4. The molecule has 0 aromatic heterocycles. The molecule has 1 N–H and O–H groups in total. The van der Waals surface area contributed by atoms with Gasteiger partial charge in [0.2, 0.25) is 5.91 Å². The van der Waals surface area contributed by atoms with Crippen molar-refractivity contribution in [2.75, 3.05) is 6.54 Å². The third kappa shape index (κ3) is 2.21. The van der Waals surface area contributed by atoms with Crippen LogP contribution < -0.4 is 5.32 Å². The summed E-state index contributed by atoms with van der Waals surface area (Å²) in [4.78, 5) is 11.8. The van der Waals surface area contributed by atoms with Gasteiger partial charge < -0.3 is 5.32 Å². The quantitative estimate of drug-likeness (QED) is 0.790. The summed E-state index contributed by atoms with van der Waals surface area (Å²) in [7, 11) is 0. The summed E-state index contributed by atoms with van der Waals surface area (Å²) < 4.78 is 0. The summed E-state index contributed by atoms with van der Waals surface area (Å²) in [6.45, 7) is 0.757. The van der Waals surface area contributed by atoms with Gasteiger partial charge in [0.1, 0.15) is 5.41 Å². The van der Waals surface area contributed by atoms with E-state index in [-0.39, 0.29) is 5.91 Å². The van der Waals surface area contributed by atoms with E-state index < -0.39 is 5.41 Å². The number of amides is 1. The fourth-order valence-electron chi connectivity index (χ4n) is 2.78. The lowest BCUT2D eigenvalue weighted by Crippen LogP contribution is -2.45. The highest BCUT2D eigenvalue weighted by Gasteiger charge is 2.44. The predicted octanol–water partition coefficient (Wildman–Crippen LogP) is 2.38. The first-order valence-corrected chi connectivity index (χ1v) is 6.46. The molecule has 2 rings (SSSR count).